The van der Waals surface area contributed by atoms with E-state index >= 15 is 0 Å². The van der Waals surface area contributed by atoms with Gasteiger partial charge in [0.2, 0.25) is 11.2 Å². The van der Waals surface area contributed by atoms with Gasteiger partial charge in [-0.05, 0) is 24.9 Å². The second-order valence-corrected chi connectivity index (χ2v) is 4.68. The second-order valence-electron chi connectivity index (χ2n) is 4.35. The van der Waals surface area contributed by atoms with Gasteiger partial charge in [-0.25, -0.2) is 9.97 Å². The molecule has 0 radical (unpaired) electrons. The zero-order chi connectivity index (χ0) is 13.7. The first-order chi connectivity index (χ1) is 8.43. The lowest BCUT2D eigenvalue weighted by Gasteiger charge is -2.24. The zero-order valence-corrected chi connectivity index (χ0v) is 12.0. The van der Waals surface area contributed by atoms with Crippen LogP contribution in [0.1, 0.15) is 19.0 Å². The van der Waals surface area contributed by atoms with Gasteiger partial charge in [0.1, 0.15) is 5.82 Å². The molecule has 0 aliphatic carbocycles. The molecule has 0 atom stereocenters. The largest absolute Gasteiger partial charge is 0.347 e. The van der Waals surface area contributed by atoms with E-state index in [0.29, 0.717) is 12.4 Å². The third-order valence-corrected chi connectivity index (χ3v) is 2.62. The summed E-state index contributed by atoms with van der Waals surface area (Å²) in [6.45, 7) is 4.97. The Morgan fingerprint density at radius 3 is 2.56 bits per heavy atom. The SMILES string of the molecule is CCCN(CC(=O)N(C)C)c1cc(C)nc(Cl)n1. The smallest absolute Gasteiger partial charge is 0.241 e. The number of aromatic nitrogens is 2. The van der Waals surface area contributed by atoms with Crippen molar-refractivity contribution in [3.63, 3.8) is 0 Å². The topological polar surface area (TPSA) is 49.3 Å². The van der Waals surface area contributed by atoms with Crippen molar-refractivity contribution in [3.8, 4) is 0 Å². The molecular weight excluding hydrogens is 252 g/mol. The maximum atomic E-state index is 11.8. The quantitative estimate of drug-likeness (QED) is 0.765. The Labute approximate surface area is 113 Å². The van der Waals surface area contributed by atoms with Crippen molar-refractivity contribution in [2.24, 2.45) is 0 Å². The Hall–Kier alpha value is -1.36. The van der Waals surface area contributed by atoms with Gasteiger partial charge >= 0.3 is 0 Å². The number of nitrogens with zero attached hydrogens (tertiary/aromatic N) is 4. The van der Waals surface area contributed by atoms with E-state index in [1.165, 1.54) is 0 Å². The van der Waals surface area contributed by atoms with Gasteiger partial charge in [0, 0.05) is 32.4 Å². The molecule has 0 aromatic carbocycles. The standard InChI is InChI=1S/C12H19ClN4O/c1-5-6-17(8-11(18)16(3)4)10-7-9(2)14-12(13)15-10/h7H,5-6,8H2,1-4H3. The molecule has 1 aromatic rings. The van der Waals surface area contributed by atoms with Crippen LogP contribution >= 0.6 is 11.6 Å². The molecule has 100 valence electrons. The average molecular weight is 271 g/mol. The molecule has 18 heavy (non-hydrogen) atoms. The van der Waals surface area contributed by atoms with Gasteiger partial charge in [0.05, 0.1) is 6.54 Å². The number of rotatable bonds is 5. The average Bonchev–Trinajstić information content (AvgIpc) is 2.26. The Bertz CT molecular complexity index is 402. The summed E-state index contributed by atoms with van der Waals surface area (Å²) in [5.74, 6) is 0.736. The van der Waals surface area contributed by atoms with Gasteiger partial charge in [-0.15, -0.1) is 0 Å². The predicted octanol–water partition coefficient (Wildman–Crippen LogP) is 1.74. The third kappa shape index (κ3) is 4.14. The fourth-order valence-corrected chi connectivity index (χ4v) is 1.75. The van der Waals surface area contributed by atoms with Crippen molar-refractivity contribution in [2.45, 2.75) is 20.3 Å². The number of likely N-dealkylation sites (N-methyl/N-ethyl adjacent to an activating group) is 1. The molecule has 0 unspecified atom stereocenters. The minimum absolute atomic E-state index is 0.0378. The highest BCUT2D eigenvalue weighted by Crippen LogP contribution is 2.15. The normalized spacial score (nSPS) is 10.3. The molecule has 0 N–H and O–H groups in total. The monoisotopic (exact) mass is 270 g/mol. The number of carbonyl (C=O) groups excluding carboxylic acids is 1. The highest BCUT2D eigenvalue weighted by Gasteiger charge is 2.14. The summed E-state index contributed by atoms with van der Waals surface area (Å²) in [5, 5.41) is 0.211. The van der Waals surface area contributed by atoms with Crippen LogP contribution in [0.15, 0.2) is 6.07 Å². The van der Waals surface area contributed by atoms with E-state index < -0.39 is 0 Å². The molecule has 5 nitrogen and oxygen atoms in total. The number of amides is 1. The van der Waals surface area contributed by atoms with E-state index in [-0.39, 0.29) is 11.2 Å². The van der Waals surface area contributed by atoms with Gasteiger partial charge < -0.3 is 9.80 Å². The van der Waals surface area contributed by atoms with Crippen LogP contribution in [-0.4, -0.2) is 48.0 Å². The first-order valence-corrected chi connectivity index (χ1v) is 6.28. The number of hydrogen-bond acceptors (Lipinski definition) is 4. The highest BCUT2D eigenvalue weighted by atomic mass is 35.5. The van der Waals surface area contributed by atoms with Crippen molar-refractivity contribution in [1.82, 2.24) is 14.9 Å². The van der Waals surface area contributed by atoms with Crippen LogP contribution in [0.25, 0.3) is 0 Å². The maximum absolute atomic E-state index is 11.8. The van der Waals surface area contributed by atoms with Crippen LogP contribution in [0.4, 0.5) is 5.82 Å². The van der Waals surface area contributed by atoms with Gasteiger partial charge in [-0.2, -0.15) is 0 Å². The molecule has 1 amide bonds. The van der Waals surface area contributed by atoms with Gasteiger partial charge in [-0.1, -0.05) is 6.92 Å². The van der Waals surface area contributed by atoms with Crippen molar-refractivity contribution in [2.75, 3.05) is 32.1 Å². The van der Waals surface area contributed by atoms with Crippen molar-refractivity contribution < 1.29 is 4.79 Å². The fourth-order valence-electron chi connectivity index (χ4n) is 1.53. The molecule has 1 heterocycles. The third-order valence-electron chi connectivity index (χ3n) is 2.46. The summed E-state index contributed by atoms with van der Waals surface area (Å²) in [6.07, 6.45) is 0.932. The number of halogens is 1. The maximum Gasteiger partial charge on any atom is 0.241 e. The van der Waals surface area contributed by atoms with Crippen LogP contribution in [0.2, 0.25) is 5.28 Å². The summed E-state index contributed by atoms with van der Waals surface area (Å²) in [7, 11) is 3.48. The highest BCUT2D eigenvalue weighted by molar-refractivity contribution is 6.28. The lowest BCUT2D eigenvalue weighted by atomic mass is 10.3. The van der Waals surface area contributed by atoms with Crippen LogP contribution in [0.5, 0.6) is 0 Å². The van der Waals surface area contributed by atoms with E-state index in [9.17, 15) is 4.79 Å². The lowest BCUT2D eigenvalue weighted by molar-refractivity contribution is -0.127. The van der Waals surface area contributed by atoms with Gasteiger partial charge in [-0.3, -0.25) is 4.79 Å². The van der Waals surface area contributed by atoms with Crippen LogP contribution in [-0.2, 0) is 4.79 Å². The van der Waals surface area contributed by atoms with E-state index in [2.05, 4.69) is 16.9 Å². The Morgan fingerprint density at radius 2 is 2.06 bits per heavy atom. The Balaban J connectivity index is 2.93. The minimum atomic E-state index is 0.0378. The summed E-state index contributed by atoms with van der Waals surface area (Å²) in [6, 6.07) is 1.84. The Morgan fingerprint density at radius 1 is 1.39 bits per heavy atom. The minimum Gasteiger partial charge on any atom is -0.347 e. The summed E-state index contributed by atoms with van der Waals surface area (Å²) in [4.78, 5) is 23.5. The molecule has 0 aliphatic heterocycles. The summed E-state index contributed by atoms with van der Waals surface area (Å²) < 4.78 is 0. The fraction of sp³-hybridized carbons (Fsp3) is 0.583. The molecule has 0 aliphatic rings. The predicted molar refractivity (Wildman–Crippen MR) is 73.0 cm³/mol. The molecule has 1 rings (SSSR count). The number of aryl methyl sites for hydroxylation is 1. The van der Waals surface area contributed by atoms with Crippen molar-refractivity contribution in [3.05, 3.63) is 17.0 Å². The molecule has 0 saturated carbocycles. The number of anilines is 1. The van der Waals surface area contributed by atoms with E-state index in [1.807, 2.05) is 17.9 Å². The molecule has 0 spiro atoms. The molecule has 0 bridgehead atoms. The number of hydrogen-bond donors (Lipinski definition) is 0. The second kappa shape index (κ2) is 6.54. The zero-order valence-electron chi connectivity index (χ0n) is 11.3. The van der Waals surface area contributed by atoms with E-state index in [0.717, 1.165) is 18.7 Å². The van der Waals surface area contributed by atoms with Crippen LogP contribution in [0, 0.1) is 6.92 Å². The van der Waals surface area contributed by atoms with Crippen molar-refractivity contribution in [1.29, 1.82) is 0 Å². The number of carbonyl (C=O) groups is 1. The first-order valence-electron chi connectivity index (χ1n) is 5.90. The molecular formula is C12H19ClN4O. The molecule has 1 aromatic heterocycles. The molecule has 6 heteroatoms. The van der Waals surface area contributed by atoms with Crippen LogP contribution < -0.4 is 4.90 Å². The summed E-state index contributed by atoms with van der Waals surface area (Å²) >= 11 is 5.85. The van der Waals surface area contributed by atoms with Gasteiger partial charge in [0.25, 0.3) is 0 Å². The van der Waals surface area contributed by atoms with E-state index in [4.69, 9.17) is 11.6 Å². The molecule has 0 saturated heterocycles. The van der Waals surface area contributed by atoms with Crippen molar-refractivity contribution >= 4 is 23.3 Å². The van der Waals surface area contributed by atoms with Crippen LogP contribution in [0.3, 0.4) is 0 Å². The first kappa shape index (κ1) is 14.7. The lowest BCUT2D eigenvalue weighted by Crippen LogP contribution is -2.37. The Kier molecular flexibility index (Phi) is 5.34. The summed E-state index contributed by atoms with van der Waals surface area (Å²) in [5.41, 5.74) is 0.795. The van der Waals surface area contributed by atoms with E-state index in [1.54, 1.807) is 19.0 Å². The van der Waals surface area contributed by atoms with Gasteiger partial charge in [0.15, 0.2) is 0 Å². The molecule has 0 fully saturated rings.